The highest BCUT2D eigenvalue weighted by Gasteiger charge is 2.14. The Kier molecular flexibility index (Phi) is 2.79. The molecule has 0 aliphatic heterocycles. The molecule has 0 aliphatic carbocycles. The quantitative estimate of drug-likeness (QED) is 0.834. The molecule has 1 aromatic carbocycles. The fourth-order valence-electron chi connectivity index (χ4n) is 1.94. The Bertz CT molecular complexity index is 544. The van der Waals surface area contributed by atoms with Gasteiger partial charge in [-0.15, -0.1) is 0 Å². The van der Waals surface area contributed by atoms with Crippen molar-refractivity contribution in [2.75, 3.05) is 5.73 Å². The zero-order chi connectivity index (χ0) is 12.6. The molecule has 0 saturated heterocycles. The lowest BCUT2D eigenvalue weighted by Crippen LogP contribution is -1.93. The maximum atomic E-state index is 9.93. The molecule has 0 fully saturated rings. The number of phenolic OH excluding ortho intramolecular Hbond substituents is 1. The zero-order valence-electron chi connectivity index (χ0n) is 10.2. The summed E-state index contributed by atoms with van der Waals surface area (Å²) < 4.78 is 5.07. The van der Waals surface area contributed by atoms with Crippen molar-refractivity contribution in [1.82, 2.24) is 5.16 Å². The molecule has 1 heterocycles. The van der Waals surface area contributed by atoms with Crippen molar-refractivity contribution in [2.45, 2.75) is 26.7 Å². The van der Waals surface area contributed by atoms with Gasteiger partial charge in [-0.25, -0.2) is 0 Å². The van der Waals surface area contributed by atoms with Crippen molar-refractivity contribution in [2.24, 2.45) is 0 Å². The van der Waals surface area contributed by atoms with E-state index in [4.69, 9.17) is 10.3 Å². The Hall–Kier alpha value is -1.97. The number of nitrogen functional groups attached to an aromatic ring is 1. The van der Waals surface area contributed by atoms with Gasteiger partial charge in [0.05, 0.1) is 5.56 Å². The van der Waals surface area contributed by atoms with Crippen molar-refractivity contribution in [3.05, 3.63) is 29.3 Å². The second-order valence-corrected chi connectivity index (χ2v) is 4.50. The first-order valence-electron chi connectivity index (χ1n) is 5.55. The van der Waals surface area contributed by atoms with Crippen LogP contribution < -0.4 is 5.73 Å². The predicted molar refractivity (Wildman–Crippen MR) is 66.8 cm³/mol. The lowest BCUT2D eigenvalue weighted by atomic mass is 9.94. The average molecular weight is 232 g/mol. The molecule has 90 valence electrons. The molecular formula is C13H16N2O2. The van der Waals surface area contributed by atoms with Gasteiger partial charge in [-0.1, -0.05) is 19.0 Å². The first kappa shape index (κ1) is 11.5. The molecule has 0 spiro atoms. The van der Waals surface area contributed by atoms with Crippen LogP contribution in [0.1, 0.15) is 30.9 Å². The molecule has 4 heteroatoms. The number of aryl methyl sites for hydroxylation is 1. The number of aromatic nitrogens is 1. The average Bonchev–Trinajstić information content (AvgIpc) is 2.64. The number of aromatic hydroxyl groups is 1. The number of nitrogens with zero attached hydrogens (tertiary/aromatic N) is 1. The lowest BCUT2D eigenvalue weighted by molar-refractivity contribution is 0.429. The summed E-state index contributed by atoms with van der Waals surface area (Å²) in [4.78, 5) is 0. The fraction of sp³-hybridized carbons (Fsp3) is 0.308. The Balaban J connectivity index is 2.58. The van der Waals surface area contributed by atoms with Crippen LogP contribution in [0.25, 0.3) is 11.3 Å². The minimum Gasteiger partial charge on any atom is -0.507 e. The first-order chi connectivity index (χ1) is 7.99. The summed E-state index contributed by atoms with van der Waals surface area (Å²) in [5.74, 6) is 1.37. The molecule has 2 aromatic rings. The van der Waals surface area contributed by atoms with Gasteiger partial charge in [0, 0.05) is 6.07 Å². The van der Waals surface area contributed by atoms with Gasteiger partial charge >= 0.3 is 0 Å². The van der Waals surface area contributed by atoms with Crippen LogP contribution in [0.5, 0.6) is 5.75 Å². The second-order valence-electron chi connectivity index (χ2n) is 4.50. The van der Waals surface area contributed by atoms with Gasteiger partial charge in [-0.05, 0) is 36.1 Å². The van der Waals surface area contributed by atoms with E-state index in [1.807, 2.05) is 13.0 Å². The van der Waals surface area contributed by atoms with Crippen molar-refractivity contribution in [3.63, 3.8) is 0 Å². The van der Waals surface area contributed by atoms with Crippen molar-refractivity contribution < 1.29 is 9.63 Å². The van der Waals surface area contributed by atoms with Crippen molar-refractivity contribution in [1.29, 1.82) is 0 Å². The standard InChI is InChI=1S/C13H16N2O2/c1-7(2)9-5-10(11(16)4-8(9)3)12-6-13(14)15-17-12/h4-7,16H,1-3H3,(H2,14,15). The first-order valence-corrected chi connectivity index (χ1v) is 5.55. The molecule has 0 atom stereocenters. The highest BCUT2D eigenvalue weighted by atomic mass is 16.5. The smallest absolute Gasteiger partial charge is 0.172 e. The molecule has 0 radical (unpaired) electrons. The summed E-state index contributed by atoms with van der Waals surface area (Å²) in [6.45, 7) is 6.20. The number of phenols is 1. The summed E-state index contributed by atoms with van der Waals surface area (Å²) in [6.07, 6.45) is 0. The van der Waals surface area contributed by atoms with E-state index in [0.717, 1.165) is 5.56 Å². The van der Waals surface area contributed by atoms with Crippen molar-refractivity contribution >= 4 is 5.82 Å². The maximum absolute atomic E-state index is 9.93. The SMILES string of the molecule is Cc1cc(O)c(-c2cc(N)no2)cc1C(C)C. The number of anilines is 1. The van der Waals surface area contributed by atoms with E-state index in [0.29, 0.717) is 23.1 Å². The summed E-state index contributed by atoms with van der Waals surface area (Å²) in [5, 5.41) is 13.6. The molecule has 2 rings (SSSR count). The Labute approximate surface area is 100 Å². The normalized spacial score (nSPS) is 11.1. The minimum atomic E-state index is 0.183. The molecule has 0 saturated carbocycles. The van der Waals surface area contributed by atoms with E-state index in [1.165, 1.54) is 5.56 Å². The Morgan fingerprint density at radius 2 is 2.00 bits per heavy atom. The van der Waals surface area contributed by atoms with E-state index in [9.17, 15) is 5.11 Å². The van der Waals surface area contributed by atoms with Gasteiger partial charge in [0.15, 0.2) is 11.6 Å². The van der Waals surface area contributed by atoms with Crippen molar-refractivity contribution in [3.8, 4) is 17.1 Å². The second kappa shape index (κ2) is 4.13. The van der Waals surface area contributed by atoms with Gasteiger partial charge in [0.2, 0.25) is 0 Å². The molecule has 1 aromatic heterocycles. The fourth-order valence-corrected chi connectivity index (χ4v) is 1.94. The van der Waals surface area contributed by atoms with Crippen LogP contribution in [0.2, 0.25) is 0 Å². The molecular weight excluding hydrogens is 216 g/mol. The van der Waals surface area contributed by atoms with Gasteiger partial charge in [0.1, 0.15) is 5.75 Å². The Morgan fingerprint density at radius 1 is 1.29 bits per heavy atom. The summed E-state index contributed by atoms with van der Waals surface area (Å²) in [5.41, 5.74) is 8.37. The highest BCUT2D eigenvalue weighted by molar-refractivity contribution is 5.69. The van der Waals surface area contributed by atoms with E-state index in [-0.39, 0.29) is 5.75 Å². The number of rotatable bonds is 2. The zero-order valence-corrected chi connectivity index (χ0v) is 10.2. The van der Waals surface area contributed by atoms with E-state index in [1.54, 1.807) is 12.1 Å². The lowest BCUT2D eigenvalue weighted by Gasteiger charge is -2.12. The Morgan fingerprint density at radius 3 is 2.53 bits per heavy atom. The molecule has 17 heavy (non-hydrogen) atoms. The van der Waals surface area contributed by atoms with Crippen LogP contribution in [0.3, 0.4) is 0 Å². The van der Waals surface area contributed by atoms with E-state index < -0.39 is 0 Å². The van der Waals surface area contributed by atoms with Crippen LogP contribution in [-0.4, -0.2) is 10.3 Å². The largest absolute Gasteiger partial charge is 0.507 e. The van der Waals surface area contributed by atoms with Crippen LogP contribution >= 0.6 is 0 Å². The maximum Gasteiger partial charge on any atom is 0.172 e. The summed E-state index contributed by atoms with van der Waals surface area (Å²) in [6, 6.07) is 5.27. The van der Waals surface area contributed by atoms with Crippen LogP contribution in [0.15, 0.2) is 22.7 Å². The van der Waals surface area contributed by atoms with E-state index >= 15 is 0 Å². The molecule has 0 amide bonds. The molecule has 3 N–H and O–H groups in total. The number of hydrogen-bond donors (Lipinski definition) is 2. The number of nitrogens with two attached hydrogens (primary N) is 1. The third-order valence-electron chi connectivity index (χ3n) is 2.80. The summed E-state index contributed by atoms with van der Waals surface area (Å²) >= 11 is 0. The number of benzene rings is 1. The van der Waals surface area contributed by atoms with Gasteiger partial charge in [0.25, 0.3) is 0 Å². The summed E-state index contributed by atoms with van der Waals surface area (Å²) in [7, 11) is 0. The molecule has 0 unspecified atom stereocenters. The van der Waals surface area contributed by atoms with Crippen LogP contribution in [-0.2, 0) is 0 Å². The van der Waals surface area contributed by atoms with Gasteiger partial charge in [-0.2, -0.15) is 0 Å². The van der Waals surface area contributed by atoms with Crippen LogP contribution in [0, 0.1) is 6.92 Å². The minimum absolute atomic E-state index is 0.183. The van der Waals surface area contributed by atoms with Crippen LogP contribution in [0.4, 0.5) is 5.82 Å². The molecule has 4 nitrogen and oxygen atoms in total. The third-order valence-corrected chi connectivity index (χ3v) is 2.80. The third kappa shape index (κ3) is 2.11. The monoisotopic (exact) mass is 232 g/mol. The number of hydrogen-bond acceptors (Lipinski definition) is 4. The highest BCUT2D eigenvalue weighted by Crippen LogP contribution is 2.34. The molecule has 0 aliphatic rings. The van der Waals surface area contributed by atoms with E-state index in [2.05, 4.69) is 19.0 Å². The van der Waals surface area contributed by atoms with Gasteiger partial charge < -0.3 is 15.4 Å². The molecule has 0 bridgehead atoms. The predicted octanol–water partition coefficient (Wildman–Crippen LogP) is 3.06. The van der Waals surface area contributed by atoms with Gasteiger partial charge in [-0.3, -0.25) is 0 Å². The topological polar surface area (TPSA) is 72.3 Å².